The van der Waals surface area contributed by atoms with Crippen LogP contribution in [0.2, 0.25) is 0 Å². The number of carbonyl (C=O) groups is 1. The number of oxazole rings is 1. The van der Waals surface area contributed by atoms with Gasteiger partial charge in [-0.25, -0.2) is 0 Å². The van der Waals surface area contributed by atoms with Crippen LogP contribution >= 0.6 is 0 Å². The molecule has 47 valence electrons. The van der Waals surface area contributed by atoms with E-state index in [1.165, 1.54) is 13.3 Å². The Morgan fingerprint density at radius 3 is 3.22 bits per heavy atom. The summed E-state index contributed by atoms with van der Waals surface area (Å²) in [5.41, 5.74) is 0.248. The highest BCUT2D eigenvalue weighted by Crippen LogP contribution is 1.90. The van der Waals surface area contributed by atoms with Crippen LogP contribution in [-0.2, 0) is 0 Å². The average molecular weight is 125 g/mol. The summed E-state index contributed by atoms with van der Waals surface area (Å²) in [6.07, 6.45) is 3.39. The van der Waals surface area contributed by atoms with Crippen LogP contribution in [0.4, 0.5) is 0 Å². The Hall–Kier alpha value is -1.32. The van der Waals surface area contributed by atoms with Crippen molar-refractivity contribution >= 4 is 5.91 Å². The van der Waals surface area contributed by atoms with Crippen molar-refractivity contribution in [2.45, 2.75) is 0 Å². The summed E-state index contributed by atoms with van der Waals surface area (Å²) in [5.74, 6) is -0.264. The summed E-state index contributed by atoms with van der Waals surface area (Å²) in [6.45, 7) is 0. The number of rotatable bonds is 1. The predicted octanol–water partition coefficient (Wildman–Crippen LogP) is -0.166. The molecule has 0 atom stereocenters. The van der Waals surface area contributed by atoms with Gasteiger partial charge in [-0.15, -0.1) is 0 Å². The van der Waals surface area contributed by atoms with Gasteiger partial charge >= 0.3 is 0 Å². The molecule has 1 radical (unpaired) electrons. The van der Waals surface area contributed by atoms with Crippen molar-refractivity contribution in [1.29, 1.82) is 0 Å². The molecule has 0 unspecified atom stereocenters. The summed E-state index contributed by atoms with van der Waals surface area (Å²) in [5, 5.41) is 2.39. The Bertz CT molecular complexity index is 193. The molecule has 1 heterocycles. The van der Waals surface area contributed by atoms with Crippen molar-refractivity contribution in [3.8, 4) is 0 Å². The first kappa shape index (κ1) is 5.81. The summed E-state index contributed by atoms with van der Waals surface area (Å²) >= 11 is 0. The van der Waals surface area contributed by atoms with E-state index in [9.17, 15) is 4.79 Å². The zero-order chi connectivity index (χ0) is 6.69. The lowest BCUT2D eigenvalue weighted by Crippen LogP contribution is -2.17. The molecule has 9 heavy (non-hydrogen) atoms. The largest absolute Gasteiger partial charge is 0.440 e. The Morgan fingerprint density at radius 2 is 2.78 bits per heavy atom. The predicted molar refractivity (Wildman–Crippen MR) is 28.7 cm³/mol. The van der Waals surface area contributed by atoms with Crippen LogP contribution in [0.1, 0.15) is 10.5 Å². The highest BCUT2D eigenvalue weighted by molar-refractivity contribution is 5.91. The topological polar surface area (TPSA) is 55.1 Å². The third-order valence-electron chi connectivity index (χ3n) is 0.849. The van der Waals surface area contributed by atoms with Crippen molar-refractivity contribution in [2.24, 2.45) is 0 Å². The fourth-order valence-electron chi connectivity index (χ4n) is 0.416. The Kier molecular flexibility index (Phi) is 1.48. The number of nitrogens with zero attached hydrogens (tertiary/aromatic N) is 1. The van der Waals surface area contributed by atoms with Gasteiger partial charge in [0.1, 0.15) is 6.26 Å². The van der Waals surface area contributed by atoms with E-state index in [2.05, 4.69) is 21.1 Å². The van der Waals surface area contributed by atoms with E-state index in [0.29, 0.717) is 0 Å². The molecule has 0 aliphatic heterocycles. The van der Waals surface area contributed by atoms with Crippen molar-refractivity contribution in [1.82, 2.24) is 10.3 Å². The minimum Gasteiger partial charge on any atom is -0.440 e. The van der Waals surface area contributed by atoms with Gasteiger partial charge in [0.2, 0.25) is 0 Å². The van der Waals surface area contributed by atoms with Crippen LogP contribution in [-0.4, -0.2) is 17.9 Å². The zero-order valence-electron chi connectivity index (χ0n) is 4.84. The highest BCUT2D eigenvalue weighted by atomic mass is 16.3. The Balaban J connectivity index is 2.77. The minimum atomic E-state index is -0.264. The molecule has 0 bridgehead atoms. The molecule has 0 saturated heterocycles. The molecular weight excluding hydrogens is 120 g/mol. The molecule has 0 spiro atoms. The Morgan fingerprint density at radius 1 is 2.00 bits per heavy atom. The summed E-state index contributed by atoms with van der Waals surface area (Å²) < 4.78 is 4.44. The summed E-state index contributed by atoms with van der Waals surface area (Å²) in [7, 11) is 1.52. The van der Waals surface area contributed by atoms with Crippen LogP contribution < -0.4 is 5.32 Å². The second-order valence-electron chi connectivity index (χ2n) is 1.40. The highest BCUT2D eigenvalue weighted by Gasteiger charge is 2.03. The molecule has 1 aromatic rings. The van der Waals surface area contributed by atoms with Crippen LogP contribution in [0.25, 0.3) is 0 Å². The summed E-state index contributed by atoms with van der Waals surface area (Å²) in [4.78, 5) is 14.1. The number of amides is 1. The van der Waals surface area contributed by atoms with Crippen LogP contribution in [0.15, 0.2) is 10.7 Å². The van der Waals surface area contributed by atoms with E-state index in [-0.39, 0.29) is 11.6 Å². The normalized spacial score (nSPS) is 9.00. The molecule has 0 aromatic carbocycles. The van der Waals surface area contributed by atoms with Gasteiger partial charge in [-0.05, 0) is 0 Å². The van der Waals surface area contributed by atoms with Gasteiger partial charge in [0.15, 0.2) is 5.69 Å². The first-order valence-corrected chi connectivity index (χ1v) is 2.38. The van der Waals surface area contributed by atoms with Crippen LogP contribution in [0.3, 0.4) is 0 Å². The third-order valence-corrected chi connectivity index (χ3v) is 0.849. The van der Waals surface area contributed by atoms with Gasteiger partial charge in [0, 0.05) is 7.05 Å². The number of carbonyl (C=O) groups excluding carboxylic acids is 1. The number of aromatic nitrogens is 1. The van der Waals surface area contributed by atoms with Crippen LogP contribution in [0, 0.1) is 6.39 Å². The first-order chi connectivity index (χ1) is 4.34. The SMILES string of the molecule is CNC(=O)c1co[c]n1. The molecule has 1 rings (SSSR count). The molecular formula is C5H5N2O2. The van der Waals surface area contributed by atoms with E-state index in [1.54, 1.807) is 0 Å². The van der Waals surface area contributed by atoms with Crippen molar-refractivity contribution in [2.75, 3.05) is 7.05 Å². The van der Waals surface area contributed by atoms with E-state index < -0.39 is 0 Å². The second-order valence-corrected chi connectivity index (χ2v) is 1.40. The van der Waals surface area contributed by atoms with Gasteiger partial charge < -0.3 is 9.73 Å². The van der Waals surface area contributed by atoms with E-state index in [1.807, 2.05) is 0 Å². The van der Waals surface area contributed by atoms with Gasteiger partial charge in [-0.3, -0.25) is 4.79 Å². The third kappa shape index (κ3) is 1.07. The van der Waals surface area contributed by atoms with Gasteiger partial charge in [-0.2, -0.15) is 4.98 Å². The van der Waals surface area contributed by atoms with Crippen LogP contribution in [0.5, 0.6) is 0 Å². The van der Waals surface area contributed by atoms with E-state index in [0.717, 1.165) is 0 Å². The molecule has 1 N–H and O–H groups in total. The monoisotopic (exact) mass is 125 g/mol. The molecule has 0 fully saturated rings. The number of hydrogen-bond acceptors (Lipinski definition) is 3. The molecule has 4 heteroatoms. The van der Waals surface area contributed by atoms with Gasteiger partial charge in [0.25, 0.3) is 12.3 Å². The summed E-state index contributed by atoms with van der Waals surface area (Å²) in [6, 6.07) is 0. The fourth-order valence-corrected chi connectivity index (χ4v) is 0.416. The van der Waals surface area contributed by atoms with Crippen molar-refractivity contribution < 1.29 is 9.21 Å². The molecule has 4 nitrogen and oxygen atoms in total. The maximum atomic E-state index is 10.6. The maximum Gasteiger partial charge on any atom is 0.284 e. The molecule has 1 amide bonds. The molecule has 0 aliphatic carbocycles. The average Bonchev–Trinajstić information content (AvgIpc) is 2.37. The number of hydrogen-bond donors (Lipinski definition) is 1. The van der Waals surface area contributed by atoms with Crippen molar-refractivity contribution in [3.05, 3.63) is 18.4 Å². The molecule has 0 saturated carbocycles. The molecule has 1 aromatic heterocycles. The Labute approximate surface area is 51.9 Å². The van der Waals surface area contributed by atoms with Gasteiger partial charge in [0.05, 0.1) is 0 Å². The maximum absolute atomic E-state index is 10.6. The fraction of sp³-hybridized carbons (Fsp3) is 0.200. The lowest BCUT2D eigenvalue weighted by molar-refractivity contribution is 0.0958. The van der Waals surface area contributed by atoms with E-state index >= 15 is 0 Å². The lowest BCUT2D eigenvalue weighted by atomic mass is 10.5. The lowest BCUT2D eigenvalue weighted by Gasteiger charge is -1.88. The molecule has 0 aliphatic rings. The van der Waals surface area contributed by atoms with Gasteiger partial charge in [-0.1, -0.05) is 0 Å². The standard InChI is InChI=1S/C5H5N2O2/c1-6-5(8)4-2-9-3-7-4/h2H,1H3,(H,6,8). The smallest absolute Gasteiger partial charge is 0.284 e. The minimum absolute atomic E-state index is 0.248. The number of nitrogens with one attached hydrogen (secondary N) is 1. The zero-order valence-corrected chi connectivity index (χ0v) is 4.84. The second kappa shape index (κ2) is 2.30. The first-order valence-electron chi connectivity index (χ1n) is 2.38. The van der Waals surface area contributed by atoms with Crippen molar-refractivity contribution in [3.63, 3.8) is 0 Å². The van der Waals surface area contributed by atoms with E-state index in [4.69, 9.17) is 0 Å². The quantitative estimate of drug-likeness (QED) is 0.567.